The lowest BCUT2D eigenvalue weighted by atomic mass is 10.0. The number of nitrogens with zero attached hydrogens (tertiary/aromatic N) is 2. The molecule has 2 aliphatic rings. The molecular weight excluding hydrogens is 212 g/mol. The van der Waals surface area contributed by atoms with E-state index in [0.717, 1.165) is 0 Å². The van der Waals surface area contributed by atoms with Crippen molar-refractivity contribution in [2.75, 3.05) is 26.2 Å². The monoisotopic (exact) mass is 226 g/mol. The first kappa shape index (κ1) is 11.1. The maximum atomic E-state index is 11.3. The van der Waals surface area contributed by atoms with Crippen molar-refractivity contribution >= 4 is 17.8 Å². The summed E-state index contributed by atoms with van der Waals surface area (Å²) < 4.78 is 0. The predicted octanol–water partition coefficient (Wildman–Crippen LogP) is -0.848. The highest BCUT2D eigenvalue weighted by Gasteiger charge is 2.34. The average Bonchev–Trinajstić information content (AvgIpc) is 2.45. The molecular formula is C10H14N2O4. The van der Waals surface area contributed by atoms with E-state index in [1.165, 1.54) is 4.90 Å². The van der Waals surface area contributed by atoms with Crippen molar-refractivity contribution in [2.24, 2.45) is 5.92 Å². The van der Waals surface area contributed by atoms with Crippen LogP contribution in [0.5, 0.6) is 0 Å². The number of aliphatic carboxylic acids is 1. The summed E-state index contributed by atoms with van der Waals surface area (Å²) >= 11 is 0. The van der Waals surface area contributed by atoms with E-state index < -0.39 is 5.97 Å². The Labute approximate surface area is 92.8 Å². The van der Waals surface area contributed by atoms with E-state index in [1.807, 2.05) is 4.90 Å². The molecule has 0 spiro atoms. The topological polar surface area (TPSA) is 77.9 Å². The number of hydrogen-bond acceptors (Lipinski definition) is 4. The van der Waals surface area contributed by atoms with Gasteiger partial charge in [0.2, 0.25) is 11.8 Å². The molecule has 2 amide bonds. The molecule has 0 aromatic heterocycles. The summed E-state index contributed by atoms with van der Waals surface area (Å²) in [5, 5.41) is 8.67. The Morgan fingerprint density at radius 3 is 2.25 bits per heavy atom. The second-order valence-corrected chi connectivity index (χ2v) is 4.23. The van der Waals surface area contributed by atoms with Crippen LogP contribution in [-0.2, 0) is 14.4 Å². The molecule has 0 aromatic carbocycles. The number of rotatable bonds is 4. The van der Waals surface area contributed by atoms with Crippen LogP contribution in [0, 0.1) is 5.92 Å². The van der Waals surface area contributed by atoms with E-state index in [1.54, 1.807) is 0 Å². The lowest BCUT2D eigenvalue weighted by molar-refractivity contribution is -0.148. The first-order valence-corrected chi connectivity index (χ1v) is 5.36. The largest absolute Gasteiger partial charge is 0.481 e. The van der Waals surface area contributed by atoms with Crippen molar-refractivity contribution in [3.63, 3.8) is 0 Å². The first-order chi connectivity index (χ1) is 7.58. The van der Waals surface area contributed by atoms with Gasteiger partial charge in [-0.3, -0.25) is 24.2 Å². The van der Waals surface area contributed by atoms with Gasteiger partial charge >= 0.3 is 5.97 Å². The van der Waals surface area contributed by atoms with E-state index in [4.69, 9.17) is 5.11 Å². The summed E-state index contributed by atoms with van der Waals surface area (Å²) in [7, 11) is 0. The number of carboxylic acid groups (broad SMARTS) is 1. The zero-order valence-electron chi connectivity index (χ0n) is 8.89. The van der Waals surface area contributed by atoms with Crippen molar-refractivity contribution in [3.8, 4) is 0 Å². The number of hydrogen-bond donors (Lipinski definition) is 1. The molecule has 0 unspecified atom stereocenters. The van der Waals surface area contributed by atoms with Gasteiger partial charge in [-0.25, -0.2) is 0 Å². The van der Waals surface area contributed by atoms with Gasteiger partial charge in [0.15, 0.2) is 0 Å². The average molecular weight is 226 g/mol. The van der Waals surface area contributed by atoms with Gasteiger partial charge < -0.3 is 5.11 Å². The van der Waals surface area contributed by atoms with Gasteiger partial charge in [0.25, 0.3) is 0 Å². The van der Waals surface area contributed by atoms with Gasteiger partial charge in [0.05, 0.1) is 5.92 Å². The SMILES string of the molecule is O=C(O)C1CN(CCN2C(=O)CCC2=O)C1. The van der Waals surface area contributed by atoms with Gasteiger partial charge in [0.1, 0.15) is 0 Å². The zero-order valence-corrected chi connectivity index (χ0v) is 8.89. The summed E-state index contributed by atoms with van der Waals surface area (Å²) in [5.74, 6) is -1.28. The predicted molar refractivity (Wildman–Crippen MR) is 53.5 cm³/mol. The third-order valence-electron chi connectivity index (χ3n) is 3.10. The molecule has 88 valence electrons. The molecule has 0 aromatic rings. The van der Waals surface area contributed by atoms with Crippen molar-refractivity contribution in [1.82, 2.24) is 9.80 Å². The fourth-order valence-corrected chi connectivity index (χ4v) is 2.02. The number of carbonyl (C=O) groups is 3. The smallest absolute Gasteiger partial charge is 0.309 e. The summed E-state index contributed by atoms with van der Waals surface area (Å²) in [4.78, 5) is 36.3. The number of carboxylic acids is 1. The van der Waals surface area contributed by atoms with Gasteiger partial charge in [-0.1, -0.05) is 0 Å². The van der Waals surface area contributed by atoms with Gasteiger partial charge in [-0.05, 0) is 0 Å². The minimum Gasteiger partial charge on any atom is -0.481 e. The van der Waals surface area contributed by atoms with E-state index in [2.05, 4.69) is 0 Å². The fraction of sp³-hybridized carbons (Fsp3) is 0.700. The highest BCUT2D eigenvalue weighted by atomic mass is 16.4. The van der Waals surface area contributed by atoms with Gasteiger partial charge in [-0.15, -0.1) is 0 Å². The second-order valence-electron chi connectivity index (χ2n) is 4.23. The normalized spacial score (nSPS) is 22.6. The van der Waals surface area contributed by atoms with Crippen LogP contribution in [0.3, 0.4) is 0 Å². The third kappa shape index (κ3) is 2.06. The van der Waals surface area contributed by atoms with Gasteiger partial charge in [-0.2, -0.15) is 0 Å². The Morgan fingerprint density at radius 1 is 1.19 bits per heavy atom. The van der Waals surface area contributed by atoms with Crippen LogP contribution in [0.15, 0.2) is 0 Å². The second kappa shape index (κ2) is 4.21. The maximum absolute atomic E-state index is 11.3. The van der Waals surface area contributed by atoms with Crippen LogP contribution in [0.4, 0.5) is 0 Å². The molecule has 0 atom stereocenters. The Kier molecular flexibility index (Phi) is 2.91. The molecule has 16 heavy (non-hydrogen) atoms. The Balaban J connectivity index is 1.71. The van der Waals surface area contributed by atoms with E-state index in [-0.39, 0.29) is 17.7 Å². The van der Waals surface area contributed by atoms with Crippen LogP contribution in [0.25, 0.3) is 0 Å². The van der Waals surface area contributed by atoms with Crippen LogP contribution in [0.2, 0.25) is 0 Å². The number of likely N-dealkylation sites (tertiary alicyclic amines) is 2. The fourth-order valence-electron chi connectivity index (χ4n) is 2.02. The van der Waals surface area contributed by atoms with E-state index >= 15 is 0 Å². The first-order valence-electron chi connectivity index (χ1n) is 5.36. The molecule has 2 rings (SSSR count). The highest BCUT2D eigenvalue weighted by molar-refractivity contribution is 6.01. The molecule has 6 heteroatoms. The Bertz CT molecular complexity index is 320. The Hall–Kier alpha value is -1.43. The maximum Gasteiger partial charge on any atom is 0.309 e. The third-order valence-corrected chi connectivity index (χ3v) is 3.10. The van der Waals surface area contributed by atoms with Crippen LogP contribution in [-0.4, -0.2) is 58.9 Å². The minimum atomic E-state index is -0.774. The molecule has 2 fully saturated rings. The standard InChI is InChI=1S/C10H14N2O4/c13-8-1-2-9(14)12(8)4-3-11-5-7(6-11)10(15)16/h7H,1-6H2,(H,15,16). The molecule has 0 aliphatic carbocycles. The quantitative estimate of drug-likeness (QED) is 0.632. The lowest BCUT2D eigenvalue weighted by Gasteiger charge is -2.37. The molecule has 1 N–H and O–H groups in total. The van der Waals surface area contributed by atoms with E-state index in [0.29, 0.717) is 39.0 Å². The van der Waals surface area contributed by atoms with Crippen molar-refractivity contribution in [3.05, 3.63) is 0 Å². The summed E-state index contributed by atoms with van der Waals surface area (Å²) in [6.07, 6.45) is 0.632. The molecule has 2 heterocycles. The molecule has 6 nitrogen and oxygen atoms in total. The van der Waals surface area contributed by atoms with Crippen LogP contribution < -0.4 is 0 Å². The number of carbonyl (C=O) groups excluding carboxylic acids is 2. The molecule has 2 saturated heterocycles. The van der Waals surface area contributed by atoms with Crippen LogP contribution >= 0.6 is 0 Å². The van der Waals surface area contributed by atoms with Crippen LogP contribution in [0.1, 0.15) is 12.8 Å². The minimum absolute atomic E-state index is 0.111. The van der Waals surface area contributed by atoms with Crippen molar-refractivity contribution < 1.29 is 19.5 Å². The molecule has 2 aliphatic heterocycles. The summed E-state index contributed by atoms with van der Waals surface area (Å²) in [6.45, 7) is 2.02. The Morgan fingerprint density at radius 2 is 1.75 bits per heavy atom. The van der Waals surface area contributed by atoms with E-state index in [9.17, 15) is 14.4 Å². The van der Waals surface area contributed by atoms with Gasteiger partial charge in [0, 0.05) is 39.0 Å². The lowest BCUT2D eigenvalue weighted by Crippen LogP contribution is -2.52. The molecule has 0 saturated carbocycles. The summed E-state index contributed by atoms with van der Waals surface area (Å²) in [5.41, 5.74) is 0. The highest BCUT2D eigenvalue weighted by Crippen LogP contribution is 2.16. The van der Waals surface area contributed by atoms with Crippen molar-refractivity contribution in [1.29, 1.82) is 0 Å². The molecule has 0 radical (unpaired) electrons. The summed E-state index contributed by atoms with van der Waals surface area (Å²) in [6, 6.07) is 0. The van der Waals surface area contributed by atoms with Crippen molar-refractivity contribution in [2.45, 2.75) is 12.8 Å². The number of imide groups is 1. The molecule has 0 bridgehead atoms. The zero-order chi connectivity index (χ0) is 11.7. The number of amides is 2.